The number of H-pyrrole nitrogens is 1. The van der Waals surface area contributed by atoms with E-state index in [4.69, 9.17) is 11.5 Å². The lowest BCUT2D eigenvalue weighted by atomic mass is 10.1. The third-order valence-electron chi connectivity index (χ3n) is 4.57. The summed E-state index contributed by atoms with van der Waals surface area (Å²) in [6.45, 7) is 0.756. The molecule has 8 nitrogen and oxygen atoms in total. The Labute approximate surface area is 150 Å². The van der Waals surface area contributed by atoms with Crippen molar-refractivity contribution in [2.45, 2.75) is 25.2 Å². The lowest BCUT2D eigenvalue weighted by Gasteiger charge is -2.23. The minimum atomic E-state index is -0.920. The minimum Gasteiger partial charge on any atom is -0.465 e. The highest BCUT2D eigenvalue weighted by Gasteiger charge is 2.25. The Balaban J connectivity index is 1.57. The lowest BCUT2D eigenvalue weighted by molar-refractivity contribution is 0.150. The Hall–Kier alpha value is -3.34. The van der Waals surface area contributed by atoms with E-state index in [1.165, 1.54) is 17.7 Å². The van der Waals surface area contributed by atoms with Crippen molar-refractivity contribution in [2.75, 3.05) is 18.4 Å². The predicted molar refractivity (Wildman–Crippen MR) is 96.0 cm³/mol. The van der Waals surface area contributed by atoms with Crippen LogP contribution in [0.5, 0.6) is 0 Å². The van der Waals surface area contributed by atoms with Gasteiger partial charge < -0.3 is 15.3 Å². The van der Waals surface area contributed by atoms with Gasteiger partial charge in [0.25, 0.3) is 0 Å². The molecule has 0 atom stereocenters. The number of hydrogen-bond donors (Lipinski definition) is 3. The molecule has 8 heteroatoms. The first-order chi connectivity index (χ1) is 12.6. The Morgan fingerprint density at radius 1 is 1.46 bits per heavy atom. The highest BCUT2D eigenvalue weighted by atomic mass is 16.4. The summed E-state index contributed by atoms with van der Waals surface area (Å²) in [7, 11) is 0. The molecule has 2 aliphatic rings. The van der Waals surface area contributed by atoms with E-state index in [0.717, 1.165) is 11.3 Å². The molecule has 0 saturated heterocycles. The zero-order chi connectivity index (χ0) is 18.1. The molecule has 0 bridgehead atoms. The number of rotatable bonds is 4. The fourth-order valence-electron chi connectivity index (χ4n) is 2.91. The smallest absolute Gasteiger partial charge is 0.407 e. The minimum absolute atomic E-state index is 0.331. The van der Waals surface area contributed by atoms with E-state index in [1.54, 1.807) is 6.20 Å². The highest BCUT2D eigenvalue weighted by molar-refractivity contribution is 5.70. The van der Waals surface area contributed by atoms with Gasteiger partial charge in [-0.2, -0.15) is 5.10 Å². The number of carboxylic acid groups (broad SMARTS) is 1. The molecule has 2 aromatic rings. The second-order valence-electron chi connectivity index (χ2n) is 6.42. The number of hydrogen-bond acceptors (Lipinski definition) is 5. The molecule has 2 aromatic heterocycles. The number of nitrogens with zero attached hydrogens (tertiary/aromatic N) is 4. The van der Waals surface area contributed by atoms with Crippen molar-refractivity contribution in [3.63, 3.8) is 0 Å². The molecule has 1 fully saturated rings. The van der Waals surface area contributed by atoms with Gasteiger partial charge in [0.2, 0.25) is 0 Å². The molecular weight excluding hydrogens is 332 g/mol. The highest BCUT2D eigenvalue weighted by Crippen LogP contribution is 2.39. The molecule has 3 heterocycles. The lowest BCUT2D eigenvalue weighted by Crippen LogP contribution is -2.33. The monoisotopic (exact) mass is 350 g/mol. The maximum Gasteiger partial charge on any atom is 0.407 e. The Morgan fingerprint density at radius 2 is 2.31 bits per heavy atom. The molecule has 0 unspecified atom stereocenters. The van der Waals surface area contributed by atoms with Gasteiger partial charge in [-0.05, 0) is 24.8 Å². The number of terminal acetylenes is 1. The summed E-state index contributed by atoms with van der Waals surface area (Å²) in [5, 5.41) is 19.5. The van der Waals surface area contributed by atoms with Crippen LogP contribution in [0.25, 0.3) is 5.57 Å². The molecule has 26 heavy (non-hydrogen) atoms. The van der Waals surface area contributed by atoms with E-state index < -0.39 is 6.09 Å². The second kappa shape index (κ2) is 6.52. The van der Waals surface area contributed by atoms with Crippen molar-refractivity contribution in [1.29, 1.82) is 0 Å². The van der Waals surface area contributed by atoms with Gasteiger partial charge in [0.15, 0.2) is 17.5 Å². The van der Waals surface area contributed by atoms with Crippen LogP contribution < -0.4 is 5.32 Å². The Morgan fingerprint density at radius 3 is 2.96 bits per heavy atom. The van der Waals surface area contributed by atoms with Gasteiger partial charge in [-0.3, -0.25) is 5.10 Å². The summed E-state index contributed by atoms with van der Waals surface area (Å²) in [5.74, 6) is 4.90. The Bertz CT molecular complexity index is 922. The second-order valence-corrected chi connectivity index (χ2v) is 6.42. The summed E-state index contributed by atoms with van der Waals surface area (Å²) in [4.78, 5) is 21.2. The molecular formula is C18H18N6O2. The number of anilines is 2. The van der Waals surface area contributed by atoms with Crippen LogP contribution in [0.1, 0.15) is 42.3 Å². The maximum atomic E-state index is 11.0. The van der Waals surface area contributed by atoms with Crippen LogP contribution in [-0.4, -0.2) is 49.4 Å². The van der Waals surface area contributed by atoms with E-state index >= 15 is 0 Å². The fraction of sp³-hybridized carbons (Fsp3) is 0.333. The zero-order valence-electron chi connectivity index (χ0n) is 14.1. The zero-order valence-corrected chi connectivity index (χ0v) is 14.1. The van der Waals surface area contributed by atoms with Gasteiger partial charge in [-0.25, -0.2) is 14.8 Å². The fourth-order valence-corrected chi connectivity index (χ4v) is 2.91. The van der Waals surface area contributed by atoms with Gasteiger partial charge in [-0.15, -0.1) is 6.42 Å². The molecule has 1 amide bonds. The molecule has 132 valence electrons. The average Bonchev–Trinajstić information content (AvgIpc) is 3.41. The molecule has 3 N–H and O–H groups in total. The molecule has 4 rings (SSSR count). The molecule has 0 aromatic carbocycles. The van der Waals surface area contributed by atoms with Gasteiger partial charge in [0, 0.05) is 37.0 Å². The van der Waals surface area contributed by atoms with E-state index in [0.29, 0.717) is 48.5 Å². The average molecular weight is 350 g/mol. The topological polar surface area (TPSA) is 107 Å². The van der Waals surface area contributed by atoms with Crippen molar-refractivity contribution in [3.05, 3.63) is 35.4 Å². The van der Waals surface area contributed by atoms with Gasteiger partial charge in [0.1, 0.15) is 0 Å². The predicted octanol–water partition coefficient (Wildman–Crippen LogP) is 2.57. The third-order valence-corrected chi connectivity index (χ3v) is 4.57. The third kappa shape index (κ3) is 3.24. The van der Waals surface area contributed by atoms with E-state index in [1.807, 2.05) is 12.1 Å². The number of aromatic amines is 1. The van der Waals surface area contributed by atoms with Crippen LogP contribution in [0, 0.1) is 12.3 Å². The van der Waals surface area contributed by atoms with Gasteiger partial charge in [0.05, 0.1) is 5.56 Å². The standard InChI is InChI=1S/C18H18N6O2/c1-2-11-10-19-16(13-5-7-24(8-6-13)18(25)26)21-17(11)20-15-9-14(22-23-15)12-3-4-12/h1,5,9-10,12H,3-4,6-8H2,(H,25,26)(H2,19,20,21,22,23). The Kier molecular flexibility index (Phi) is 4.05. The molecule has 1 saturated carbocycles. The van der Waals surface area contributed by atoms with E-state index in [-0.39, 0.29) is 0 Å². The van der Waals surface area contributed by atoms with Crippen molar-refractivity contribution >= 4 is 23.3 Å². The summed E-state index contributed by atoms with van der Waals surface area (Å²) in [6.07, 6.45) is 11.0. The number of nitrogens with one attached hydrogen (secondary N) is 2. The summed E-state index contributed by atoms with van der Waals surface area (Å²) in [6, 6.07) is 1.98. The quantitative estimate of drug-likeness (QED) is 0.732. The number of carbonyl (C=O) groups is 1. The van der Waals surface area contributed by atoms with Crippen LogP contribution in [0.3, 0.4) is 0 Å². The summed E-state index contributed by atoms with van der Waals surface area (Å²) < 4.78 is 0. The first-order valence-corrected chi connectivity index (χ1v) is 8.47. The number of amides is 1. The first-order valence-electron chi connectivity index (χ1n) is 8.47. The van der Waals surface area contributed by atoms with Crippen LogP contribution in [0.2, 0.25) is 0 Å². The largest absolute Gasteiger partial charge is 0.465 e. The molecule has 1 aliphatic carbocycles. The number of aromatic nitrogens is 4. The summed E-state index contributed by atoms with van der Waals surface area (Å²) in [5.41, 5.74) is 2.58. The van der Waals surface area contributed by atoms with Gasteiger partial charge >= 0.3 is 6.09 Å². The van der Waals surface area contributed by atoms with Crippen LogP contribution in [-0.2, 0) is 0 Å². The normalized spacial score (nSPS) is 16.7. The van der Waals surface area contributed by atoms with Crippen LogP contribution in [0.15, 0.2) is 18.3 Å². The molecule has 0 spiro atoms. The van der Waals surface area contributed by atoms with Crippen molar-refractivity contribution in [3.8, 4) is 12.3 Å². The first kappa shape index (κ1) is 16.1. The summed E-state index contributed by atoms with van der Waals surface area (Å²) >= 11 is 0. The molecule has 1 aliphatic heterocycles. The van der Waals surface area contributed by atoms with Crippen LogP contribution in [0.4, 0.5) is 16.4 Å². The SMILES string of the molecule is C#Cc1cnc(C2=CCN(C(=O)O)CC2)nc1Nc1cc(C2CC2)[nH]n1. The van der Waals surface area contributed by atoms with Gasteiger partial charge in [-0.1, -0.05) is 12.0 Å². The van der Waals surface area contributed by atoms with Crippen molar-refractivity contribution in [2.24, 2.45) is 0 Å². The van der Waals surface area contributed by atoms with Crippen LogP contribution >= 0.6 is 0 Å². The van der Waals surface area contributed by atoms with Crippen molar-refractivity contribution in [1.82, 2.24) is 25.1 Å². The van der Waals surface area contributed by atoms with E-state index in [2.05, 4.69) is 31.4 Å². The molecule has 0 radical (unpaired) electrons. The maximum absolute atomic E-state index is 11.0. The van der Waals surface area contributed by atoms with Crippen molar-refractivity contribution < 1.29 is 9.90 Å². The van der Waals surface area contributed by atoms with E-state index in [9.17, 15) is 4.79 Å².